The quantitative estimate of drug-likeness (QED) is 0.516. The fourth-order valence-corrected chi connectivity index (χ4v) is 3.34. The van der Waals surface area contributed by atoms with Crippen LogP contribution in [-0.2, 0) is 6.54 Å². The van der Waals surface area contributed by atoms with E-state index in [1.807, 2.05) is 53.1 Å². The molecule has 5 rings (SSSR count). The molecule has 1 aromatic carbocycles. The summed E-state index contributed by atoms with van der Waals surface area (Å²) in [5.74, 6) is 3.43. The fraction of sp³-hybridized carbons (Fsp3) is 0.0455. The van der Waals surface area contributed by atoms with Gasteiger partial charge in [0.25, 0.3) is 0 Å². The number of nitrogens with zero attached hydrogens (tertiary/aromatic N) is 4. The highest BCUT2D eigenvalue weighted by Crippen LogP contribution is 2.31. The standard InChI is InChI=1S/C22H14N4O/c1-2-15-8-9-18-16(12-15)21(17-6-3-4-10-23-17)24-13-19-22(25-14-26(18)19)20-7-5-11-27-20/h1,3-12,14H,13H2. The molecule has 0 saturated carbocycles. The number of aromatic nitrogens is 3. The molecule has 0 unspecified atom stereocenters. The maximum atomic E-state index is 5.63. The highest BCUT2D eigenvalue weighted by atomic mass is 16.3. The number of rotatable bonds is 2. The van der Waals surface area contributed by atoms with Crippen molar-refractivity contribution in [2.24, 2.45) is 4.99 Å². The number of hydrogen-bond acceptors (Lipinski definition) is 4. The van der Waals surface area contributed by atoms with Gasteiger partial charge in [0.1, 0.15) is 12.0 Å². The fourth-order valence-electron chi connectivity index (χ4n) is 3.34. The second kappa shape index (κ2) is 6.11. The van der Waals surface area contributed by atoms with Crippen LogP contribution < -0.4 is 0 Å². The first-order chi connectivity index (χ1) is 13.3. The second-order valence-corrected chi connectivity index (χ2v) is 6.14. The summed E-state index contributed by atoms with van der Waals surface area (Å²) in [6.45, 7) is 0.460. The van der Waals surface area contributed by atoms with Gasteiger partial charge in [-0.05, 0) is 42.5 Å². The van der Waals surface area contributed by atoms with E-state index in [0.29, 0.717) is 6.54 Å². The van der Waals surface area contributed by atoms with Crippen molar-refractivity contribution in [3.8, 4) is 29.5 Å². The minimum Gasteiger partial charge on any atom is -0.463 e. The number of furan rings is 1. The van der Waals surface area contributed by atoms with Crippen molar-refractivity contribution in [3.05, 3.63) is 89.8 Å². The van der Waals surface area contributed by atoms with Crippen molar-refractivity contribution in [2.45, 2.75) is 6.54 Å². The molecule has 0 atom stereocenters. The van der Waals surface area contributed by atoms with E-state index < -0.39 is 0 Å². The van der Waals surface area contributed by atoms with Crippen LogP contribution in [0.5, 0.6) is 0 Å². The summed E-state index contributed by atoms with van der Waals surface area (Å²) in [5, 5.41) is 0. The van der Waals surface area contributed by atoms with E-state index >= 15 is 0 Å². The minimum atomic E-state index is 0.460. The van der Waals surface area contributed by atoms with Crippen molar-refractivity contribution >= 4 is 5.71 Å². The van der Waals surface area contributed by atoms with Crippen LogP contribution in [-0.4, -0.2) is 20.2 Å². The van der Waals surface area contributed by atoms with Crippen LogP contribution in [0.15, 0.2) is 76.7 Å². The molecule has 128 valence electrons. The lowest BCUT2D eigenvalue weighted by Crippen LogP contribution is -2.08. The third-order valence-electron chi connectivity index (χ3n) is 4.59. The van der Waals surface area contributed by atoms with Crippen molar-refractivity contribution < 1.29 is 4.42 Å². The monoisotopic (exact) mass is 350 g/mol. The van der Waals surface area contributed by atoms with Gasteiger partial charge >= 0.3 is 0 Å². The number of terminal acetylenes is 1. The van der Waals surface area contributed by atoms with Gasteiger partial charge in [-0.25, -0.2) is 4.98 Å². The molecular weight excluding hydrogens is 336 g/mol. The number of fused-ring (bicyclic) bond motifs is 3. The Balaban J connectivity index is 1.77. The number of imidazole rings is 1. The largest absolute Gasteiger partial charge is 0.463 e. The number of benzene rings is 1. The van der Waals surface area contributed by atoms with Crippen LogP contribution in [0.2, 0.25) is 0 Å². The molecular formula is C22H14N4O. The molecule has 0 amide bonds. The summed E-state index contributed by atoms with van der Waals surface area (Å²) < 4.78 is 7.61. The Morgan fingerprint density at radius 1 is 1.07 bits per heavy atom. The Labute approximate surface area is 156 Å². The topological polar surface area (TPSA) is 56.2 Å². The summed E-state index contributed by atoms with van der Waals surface area (Å²) in [6.07, 6.45) is 10.8. The minimum absolute atomic E-state index is 0.460. The number of aliphatic imine (C=N–C) groups is 1. The molecule has 4 aromatic rings. The van der Waals surface area contributed by atoms with Crippen molar-refractivity contribution in [1.82, 2.24) is 14.5 Å². The molecule has 5 heteroatoms. The number of pyridine rings is 1. The summed E-state index contributed by atoms with van der Waals surface area (Å²) in [6, 6.07) is 15.5. The lowest BCUT2D eigenvalue weighted by atomic mass is 10.0. The average Bonchev–Trinajstić information content (AvgIpc) is 3.36. The first kappa shape index (κ1) is 15.4. The summed E-state index contributed by atoms with van der Waals surface area (Å²) >= 11 is 0. The van der Waals surface area contributed by atoms with Crippen molar-refractivity contribution in [3.63, 3.8) is 0 Å². The van der Waals surface area contributed by atoms with E-state index in [2.05, 4.69) is 15.9 Å². The predicted octanol–water partition coefficient (Wildman–Crippen LogP) is 3.86. The van der Waals surface area contributed by atoms with E-state index in [4.69, 9.17) is 15.8 Å². The molecule has 0 N–H and O–H groups in total. The Morgan fingerprint density at radius 2 is 2.04 bits per heavy atom. The van der Waals surface area contributed by atoms with Crippen LogP contribution in [0.25, 0.3) is 17.1 Å². The Hall–Kier alpha value is -3.91. The Morgan fingerprint density at radius 3 is 2.81 bits per heavy atom. The number of hydrogen-bond donors (Lipinski definition) is 0. The zero-order chi connectivity index (χ0) is 18.2. The highest BCUT2D eigenvalue weighted by molar-refractivity contribution is 6.14. The molecule has 0 radical (unpaired) electrons. The molecule has 1 aliphatic rings. The zero-order valence-electron chi connectivity index (χ0n) is 14.3. The van der Waals surface area contributed by atoms with Crippen LogP contribution in [0.3, 0.4) is 0 Å². The van der Waals surface area contributed by atoms with Gasteiger partial charge in [-0.15, -0.1) is 6.42 Å². The summed E-state index contributed by atoms with van der Waals surface area (Å²) in [7, 11) is 0. The van der Waals surface area contributed by atoms with Gasteiger partial charge in [-0.3, -0.25) is 14.5 Å². The summed E-state index contributed by atoms with van der Waals surface area (Å²) in [5.41, 5.74) is 6.08. The molecule has 5 nitrogen and oxygen atoms in total. The van der Waals surface area contributed by atoms with Crippen LogP contribution in [0, 0.1) is 12.3 Å². The summed E-state index contributed by atoms with van der Waals surface area (Å²) in [4.78, 5) is 13.9. The molecule has 4 heterocycles. The normalized spacial score (nSPS) is 12.5. The van der Waals surface area contributed by atoms with E-state index in [1.165, 1.54) is 0 Å². The lowest BCUT2D eigenvalue weighted by molar-refractivity contribution is 0.579. The predicted molar refractivity (Wildman–Crippen MR) is 103 cm³/mol. The Kier molecular flexibility index (Phi) is 3.48. The molecule has 3 aromatic heterocycles. The Bertz CT molecular complexity index is 1200. The van der Waals surface area contributed by atoms with E-state index in [1.54, 1.807) is 18.8 Å². The molecule has 27 heavy (non-hydrogen) atoms. The van der Waals surface area contributed by atoms with Crippen molar-refractivity contribution in [1.29, 1.82) is 0 Å². The van der Waals surface area contributed by atoms with Crippen LogP contribution >= 0.6 is 0 Å². The van der Waals surface area contributed by atoms with Gasteiger partial charge in [-0.2, -0.15) is 0 Å². The first-order valence-electron chi connectivity index (χ1n) is 8.52. The van der Waals surface area contributed by atoms with Gasteiger partial charge in [-0.1, -0.05) is 12.0 Å². The van der Waals surface area contributed by atoms with Gasteiger partial charge in [0.15, 0.2) is 5.76 Å². The van der Waals surface area contributed by atoms with Crippen LogP contribution in [0.4, 0.5) is 0 Å². The lowest BCUT2D eigenvalue weighted by Gasteiger charge is -2.11. The highest BCUT2D eigenvalue weighted by Gasteiger charge is 2.23. The second-order valence-electron chi connectivity index (χ2n) is 6.14. The van der Waals surface area contributed by atoms with Gasteiger partial charge in [0.05, 0.1) is 35.6 Å². The SMILES string of the molecule is C#Cc1ccc2c(c1)C(c1ccccn1)=NCc1c(-c3ccco3)ncn1-2. The van der Waals surface area contributed by atoms with Gasteiger partial charge < -0.3 is 4.42 Å². The zero-order valence-corrected chi connectivity index (χ0v) is 14.3. The maximum Gasteiger partial charge on any atom is 0.154 e. The maximum absolute atomic E-state index is 5.63. The third-order valence-corrected chi connectivity index (χ3v) is 4.59. The molecule has 0 saturated heterocycles. The van der Waals surface area contributed by atoms with Gasteiger partial charge in [0, 0.05) is 17.3 Å². The molecule has 0 spiro atoms. The van der Waals surface area contributed by atoms with Gasteiger partial charge in [0.2, 0.25) is 0 Å². The van der Waals surface area contributed by atoms with Crippen molar-refractivity contribution in [2.75, 3.05) is 0 Å². The average molecular weight is 350 g/mol. The van der Waals surface area contributed by atoms with E-state index in [9.17, 15) is 0 Å². The van der Waals surface area contributed by atoms with Crippen LogP contribution in [0.1, 0.15) is 22.5 Å². The third kappa shape index (κ3) is 2.47. The molecule has 0 fully saturated rings. The molecule has 0 bridgehead atoms. The van der Waals surface area contributed by atoms with E-state index in [0.717, 1.165) is 45.4 Å². The first-order valence-corrected chi connectivity index (χ1v) is 8.52. The smallest absolute Gasteiger partial charge is 0.154 e. The molecule has 1 aliphatic heterocycles. The molecule has 0 aliphatic carbocycles. The van der Waals surface area contributed by atoms with E-state index in [-0.39, 0.29) is 0 Å².